The molecule has 0 saturated carbocycles. The van der Waals surface area contributed by atoms with Crippen molar-refractivity contribution in [2.45, 2.75) is 19.1 Å². The highest BCUT2D eigenvalue weighted by Gasteiger charge is 2.20. The van der Waals surface area contributed by atoms with E-state index in [1.165, 1.54) is 22.3 Å². The molecule has 22 heavy (non-hydrogen) atoms. The van der Waals surface area contributed by atoms with Gasteiger partial charge in [-0.1, -0.05) is 48.5 Å². The number of likely N-dealkylation sites (N-methyl/N-ethyl adjacent to an activating group) is 1. The highest BCUT2D eigenvalue weighted by molar-refractivity contribution is 5.69. The van der Waals surface area contributed by atoms with Gasteiger partial charge in [-0.25, -0.2) is 0 Å². The fraction of sp³-hybridized carbons (Fsp3) is 0.368. The molecule has 3 heteroatoms. The SMILES string of the molecule is CNCC(O)CN1CCc2c(cccc2-c2ccccc2)C1. The van der Waals surface area contributed by atoms with Gasteiger partial charge in [0, 0.05) is 26.2 Å². The molecule has 0 aliphatic carbocycles. The predicted molar refractivity (Wildman–Crippen MR) is 90.8 cm³/mol. The number of nitrogens with zero attached hydrogens (tertiary/aromatic N) is 1. The summed E-state index contributed by atoms with van der Waals surface area (Å²) in [7, 11) is 1.88. The molecule has 1 heterocycles. The third-order valence-electron chi connectivity index (χ3n) is 4.34. The van der Waals surface area contributed by atoms with E-state index in [-0.39, 0.29) is 6.10 Å². The van der Waals surface area contributed by atoms with Gasteiger partial charge in [-0.15, -0.1) is 0 Å². The van der Waals surface area contributed by atoms with E-state index >= 15 is 0 Å². The quantitative estimate of drug-likeness (QED) is 0.888. The number of rotatable bonds is 5. The second-order valence-electron chi connectivity index (χ2n) is 6.01. The number of aliphatic hydroxyl groups is 1. The topological polar surface area (TPSA) is 35.5 Å². The molecule has 0 fully saturated rings. The Morgan fingerprint density at radius 3 is 2.73 bits per heavy atom. The minimum Gasteiger partial charge on any atom is -0.390 e. The van der Waals surface area contributed by atoms with Crippen molar-refractivity contribution in [2.75, 3.05) is 26.7 Å². The van der Waals surface area contributed by atoms with Gasteiger partial charge in [0.25, 0.3) is 0 Å². The Hall–Kier alpha value is -1.68. The molecule has 0 radical (unpaired) electrons. The Bertz CT molecular complexity index is 612. The van der Waals surface area contributed by atoms with E-state index in [2.05, 4.69) is 58.7 Å². The van der Waals surface area contributed by atoms with Crippen LogP contribution in [0.15, 0.2) is 48.5 Å². The lowest BCUT2D eigenvalue weighted by molar-refractivity contribution is 0.106. The van der Waals surface area contributed by atoms with Crippen molar-refractivity contribution in [1.29, 1.82) is 0 Å². The lowest BCUT2D eigenvalue weighted by Gasteiger charge is -2.31. The maximum atomic E-state index is 9.98. The first-order valence-electron chi connectivity index (χ1n) is 7.99. The molecule has 0 spiro atoms. The molecule has 0 saturated heterocycles. The van der Waals surface area contributed by atoms with Gasteiger partial charge in [-0.3, -0.25) is 4.90 Å². The van der Waals surface area contributed by atoms with E-state index in [4.69, 9.17) is 0 Å². The molecule has 1 atom stereocenters. The molecule has 2 aromatic carbocycles. The van der Waals surface area contributed by atoms with E-state index in [9.17, 15) is 5.11 Å². The largest absolute Gasteiger partial charge is 0.390 e. The second-order valence-corrected chi connectivity index (χ2v) is 6.01. The lowest BCUT2D eigenvalue weighted by Crippen LogP contribution is -2.40. The Kier molecular flexibility index (Phi) is 4.88. The zero-order chi connectivity index (χ0) is 15.4. The van der Waals surface area contributed by atoms with Crippen LogP contribution in [0.3, 0.4) is 0 Å². The third-order valence-corrected chi connectivity index (χ3v) is 4.34. The fourth-order valence-corrected chi connectivity index (χ4v) is 3.31. The van der Waals surface area contributed by atoms with Crippen LogP contribution in [0.4, 0.5) is 0 Å². The van der Waals surface area contributed by atoms with E-state index < -0.39 is 0 Å². The smallest absolute Gasteiger partial charge is 0.0791 e. The van der Waals surface area contributed by atoms with E-state index in [0.29, 0.717) is 6.54 Å². The van der Waals surface area contributed by atoms with E-state index in [1.807, 2.05) is 7.05 Å². The second kappa shape index (κ2) is 7.05. The Labute approximate surface area is 132 Å². The fourth-order valence-electron chi connectivity index (χ4n) is 3.31. The van der Waals surface area contributed by atoms with Crippen molar-refractivity contribution in [1.82, 2.24) is 10.2 Å². The summed E-state index contributed by atoms with van der Waals surface area (Å²) in [6, 6.07) is 17.2. The van der Waals surface area contributed by atoms with Crippen molar-refractivity contribution < 1.29 is 5.11 Å². The average molecular weight is 296 g/mol. The van der Waals surface area contributed by atoms with Crippen LogP contribution in [0, 0.1) is 0 Å². The maximum absolute atomic E-state index is 9.98. The van der Waals surface area contributed by atoms with Gasteiger partial charge in [-0.2, -0.15) is 0 Å². The van der Waals surface area contributed by atoms with Gasteiger partial charge in [0.2, 0.25) is 0 Å². The van der Waals surface area contributed by atoms with E-state index in [1.54, 1.807) is 0 Å². The molecule has 2 N–H and O–H groups in total. The summed E-state index contributed by atoms with van der Waals surface area (Å²) in [5.41, 5.74) is 5.51. The molecule has 0 aromatic heterocycles. The molecular weight excluding hydrogens is 272 g/mol. The number of hydrogen-bond acceptors (Lipinski definition) is 3. The first-order valence-corrected chi connectivity index (χ1v) is 7.99. The molecule has 3 rings (SSSR count). The van der Waals surface area contributed by atoms with Crippen LogP contribution in [0.1, 0.15) is 11.1 Å². The summed E-state index contributed by atoms with van der Waals surface area (Å²) in [4.78, 5) is 2.35. The molecule has 116 valence electrons. The molecular formula is C19H24N2O. The first-order chi connectivity index (χ1) is 10.8. The summed E-state index contributed by atoms with van der Waals surface area (Å²) in [6.07, 6.45) is 0.746. The van der Waals surface area contributed by atoms with Crippen LogP contribution in [-0.2, 0) is 13.0 Å². The van der Waals surface area contributed by atoms with Crippen LogP contribution in [0.2, 0.25) is 0 Å². The van der Waals surface area contributed by atoms with Gasteiger partial charge in [-0.05, 0) is 35.7 Å². The minimum absolute atomic E-state index is 0.302. The van der Waals surface area contributed by atoms with Gasteiger partial charge < -0.3 is 10.4 Å². The van der Waals surface area contributed by atoms with Gasteiger partial charge in [0.05, 0.1) is 6.10 Å². The number of nitrogens with one attached hydrogen (secondary N) is 1. The van der Waals surface area contributed by atoms with Crippen LogP contribution in [0.5, 0.6) is 0 Å². The predicted octanol–water partition coefficient (Wildman–Crippen LogP) is 2.29. The monoisotopic (exact) mass is 296 g/mol. The molecule has 3 nitrogen and oxygen atoms in total. The number of fused-ring (bicyclic) bond motifs is 1. The zero-order valence-corrected chi connectivity index (χ0v) is 13.1. The van der Waals surface area contributed by atoms with Gasteiger partial charge in [0.15, 0.2) is 0 Å². The number of β-amino-alcohol motifs (C(OH)–C–C–N with tert-alkyl or cyclic N) is 1. The summed E-state index contributed by atoms with van der Waals surface area (Å²) < 4.78 is 0. The van der Waals surface area contributed by atoms with Crippen molar-refractivity contribution in [3.05, 3.63) is 59.7 Å². The molecule has 1 aliphatic heterocycles. The van der Waals surface area contributed by atoms with E-state index in [0.717, 1.165) is 26.1 Å². The molecule has 2 aromatic rings. The lowest BCUT2D eigenvalue weighted by atomic mass is 9.90. The van der Waals surface area contributed by atoms with Crippen molar-refractivity contribution in [3.63, 3.8) is 0 Å². The number of benzene rings is 2. The Morgan fingerprint density at radius 2 is 1.95 bits per heavy atom. The molecule has 1 aliphatic rings. The maximum Gasteiger partial charge on any atom is 0.0791 e. The van der Waals surface area contributed by atoms with Crippen molar-refractivity contribution in [2.24, 2.45) is 0 Å². The normalized spacial score (nSPS) is 16.3. The molecule has 0 amide bonds. The highest BCUT2D eigenvalue weighted by Crippen LogP contribution is 2.30. The standard InChI is InChI=1S/C19H24N2O/c1-20-12-17(22)14-21-11-10-19-16(13-21)8-5-9-18(19)15-6-3-2-4-7-15/h2-9,17,20,22H,10-14H2,1H3. The minimum atomic E-state index is -0.302. The Balaban J connectivity index is 1.79. The summed E-state index contributed by atoms with van der Waals surface area (Å²) >= 11 is 0. The number of aliphatic hydroxyl groups excluding tert-OH is 1. The Morgan fingerprint density at radius 1 is 1.14 bits per heavy atom. The number of hydrogen-bond donors (Lipinski definition) is 2. The molecule has 0 bridgehead atoms. The van der Waals surface area contributed by atoms with Crippen LogP contribution < -0.4 is 5.32 Å². The third kappa shape index (κ3) is 3.38. The van der Waals surface area contributed by atoms with Gasteiger partial charge >= 0.3 is 0 Å². The van der Waals surface area contributed by atoms with Crippen LogP contribution in [0.25, 0.3) is 11.1 Å². The first kappa shape index (κ1) is 15.2. The highest BCUT2D eigenvalue weighted by atomic mass is 16.3. The van der Waals surface area contributed by atoms with Crippen molar-refractivity contribution in [3.8, 4) is 11.1 Å². The summed E-state index contributed by atoms with van der Waals surface area (Å²) in [5.74, 6) is 0. The summed E-state index contributed by atoms with van der Waals surface area (Å²) in [6.45, 7) is 3.32. The van der Waals surface area contributed by atoms with Crippen LogP contribution in [-0.4, -0.2) is 42.8 Å². The summed E-state index contributed by atoms with van der Waals surface area (Å²) in [5, 5.41) is 13.0. The molecule has 1 unspecified atom stereocenters. The van der Waals surface area contributed by atoms with Crippen LogP contribution >= 0.6 is 0 Å². The average Bonchev–Trinajstić information content (AvgIpc) is 2.55. The van der Waals surface area contributed by atoms with Crippen molar-refractivity contribution >= 4 is 0 Å². The van der Waals surface area contributed by atoms with Gasteiger partial charge in [0.1, 0.15) is 0 Å². The zero-order valence-electron chi connectivity index (χ0n) is 13.1.